The van der Waals surface area contributed by atoms with Crippen LogP contribution in [-0.4, -0.2) is 68.0 Å². The number of nitrogens with one attached hydrogen (secondary N) is 1. The maximum absolute atomic E-state index is 9.76. The average Bonchev–Trinajstić information content (AvgIpc) is 2.96. The molecule has 4 atom stereocenters. The maximum atomic E-state index is 9.76. The van der Waals surface area contributed by atoms with Crippen LogP contribution in [0.3, 0.4) is 0 Å². The van der Waals surface area contributed by atoms with Crippen molar-refractivity contribution in [2.45, 2.75) is 24.5 Å². The molecule has 0 spiro atoms. The van der Waals surface area contributed by atoms with Crippen LogP contribution in [0.1, 0.15) is 12.1 Å². The van der Waals surface area contributed by atoms with E-state index >= 15 is 0 Å². The predicted octanol–water partition coefficient (Wildman–Crippen LogP) is -2.14. The molecular formula is C9H14N4O5. The van der Waals surface area contributed by atoms with Gasteiger partial charge in [-0.05, 0) is 0 Å². The number of methoxy groups -OCH3 is 1. The minimum atomic E-state index is -1.23. The quantitative estimate of drug-likeness (QED) is 0.359. The van der Waals surface area contributed by atoms with Gasteiger partial charge in [0, 0.05) is 0 Å². The molecule has 2 heterocycles. The normalized spacial score (nSPS) is 31.6. The molecule has 4 N–H and O–H groups in total. The minimum absolute atomic E-state index is 0.0373. The van der Waals surface area contributed by atoms with Crippen molar-refractivity contribution in [2.24, 2.45) is 0 Å². The first-order chi connectivity index (χ1) is 8.58. The van der Waals surface area contributed by atoms with E-state index in [1.165, 1.54) is 18.1 Å². The van der Waals surface area contributed by atoms with Gasteiger partial charge in [-0.15, -0.1) is 5.10 Å². The summed E-state index contributed by atoms with van der Waals surface area (Å²) in [6.45, 7) is -0.413. The van der Waals surface area contributed by atoms with E-state index in [9.17, 15) is 10.2 Å². The van der Waals surface area contributed by atoms with E-state index in [1.807, 2.05) is 0 Å². The molecule has 1 fully saturated rings. The maximum Gasteiger partial charge on any atom is 0.253 e. The standard InChI is InChI=1S/C9H14N4O5/c1-17-7(10)8-11-3-13(12-8)9-6(16)5(15)4(2-14)18-9/h3-6,9-10,14-16H,2H2,1H3/t4-,5-,6-,9-/m0/s1. The number of nitrogens with zero attached hydrogens (tertiary/aromatic N) is 3. The van der Waals surface area contributed by atoms with Crippen molar-refractivity contribution in [3.8, 4) is 0 Å². The molecule has 1 aromatic rings. The van der Waals surface area contributed by atoms with Crippen LogP contribution < -0.4 is 0 Å². The molecule has 0 amide bonds. The zero-order valence-electron chi connectivity index (χ0n) is 9.59. The van der Waals surface area contributed by atoms with Crippen molar-refractivity contribution in [3.63, 3.8) is 0 Å². The topological polar surface area (TPSA) is 134 Å². The Bertz CT molecular complexity index is 436. The molecule has 1 saturated heterocycles. The van der Waals surface area contributed by atoms with Crippen LogP contribution in [0.4, 0.5) is 0 Å². The number of hydrogen-bond acceptors (Lipinski definition) is 8. The smallest absolute Gasteiger partial charge is 0.253 e. The van der Waals surface area contributed by atoms with Gasteiger partial charge in [0.2, 0.25) is 5.82 Å². The molecule has 9 heteroatoms. The number of ether oxygens (including phenoxy) is 2. The molecule has 0 bridgehead atoms. The number of hydrogen-bond donors (Lipinski definition) is 4. The fraction of sp³-hybridized carbons (Fsp3) is 0.667. The molecule has 100 valence electrons. The van der Waals surface area contributed by atoms with Crippen molar-refractivity contribution < 1.29 is 24.8 Å². The number of aliphatic hydroxyl groups is 3. The zero-order valence-corrected chi connectivity index (χ0v) is 9.59. The molecule has 1 aromatic heterocycles. The van der Waals surface area contributed by atoms with Gasteiger partial charge in [0.25, 0.3) is 5.90 Å². The van der Waals surface area contributed by atoms with Crippen molar-refractivity contribution >= 4 is 5.90 Å². The van der Waals surface area contributed by atoms with Gasteiger partial charge in [-0.3, -0.25) is 5.41 Å². The van der Waals surface area contributed by atoms with Crippen LogP contribution in [0.15, 0.2) is 6.33 Å². The van der Waals surface area contributed by atoms with Crippen LogP contribution in [0.2, 0.25) is 0 Å². The van der Waals surface area contributed by atoms with Crippen LogP contribution in [0.25, 0.3) is 0 Å². The molecule has 0 radical (unpaired) electrons. The summed E-state index contributed by atoms with van der Waals surface area (Å²) in [5.41, 5.74) is 0. The summed E-state index contributed by atoms with van der Waals surface area (Å²) < 4.78 is 11.1. The Labute approximate surface area is 102 Å². The summed E-state index contributed by atoms with van der Waals surface area (Å²) in [6.07, 6.45) is -3.01. The van der Waals surface area contributed by atoms with Crippen LogP contribution >= 0.6 is 0 Å². The first-order valence-corrected chi connectivity index (χ1v) is 5.25. The molecule has 0 saturated carbocycles. The third kappa shape index (κ3) is 2.08. The second-order valence-electron chi connectivity index (χ2n) is 3.81. The molecule has 2 rings (SSSR count). The third-order valence-electron chi connectivity index (χ3n) is 2.69. The van der Waals surface area contributed by atoms with Gasteiger partial charge in [-0.2, -0.15) is 0 Å². The third-order valence-corrected chi connectivity index (χ3v) is 2.69. The molecule has 1 aliphatic rings. The lowest BCUT2D eigenvalue weighted by atomic mass is 10.1. The van der Waals surface area contributed by atoms with E-state index in [1.54, 1.807) is 0 Å². The summed E-state index contributed by atoms with van der Waals surface area (Å²) in [5.74, 6) is -0.185. The van der Waals surface area contributed by atoms with Crippen LogP contribution in [-0.2, 0) is 9.47 Å². The van der Waals surface area contributed by atoms with E-state index in [2.05, 4.69) is 14.8 Å². The summed E-state index contributed by atoms with van der Waals surface area (Å²) in [5, 5.41) is 39.6. The lowest BCUT2D eigenvalue weighted by Gasteiger charge is -2.13. The van der Waals surface area contributed by atoms with Gasteiger partial charge in [0.15, 0.2) is 6.23 Å². The van der Waals surface area contributed by atoms with Gasteiger partial charge < -0.3 is 24.8 Å². The summed E-state index contributed by atoms with van der Waals surface area (Å²) >= 11 is 0. The molecule has 18 heavy (non-hydrogen) atoms. The Morgan fingerprint density at radius 1 is 1.56 bits per heavy atom. The van der Waals surface area contributed by atoms with E-state index in [-0.39, 0.29) is 11.7 Å². The summed E-state index contributed by atoms with van der Waals surface area (Å²) in [4.78, 5) is 3.81. The van der Waals surface area contributed by atoms with Gasteiger partial charge in [0.05, 0.1) is 13.7 Å². The first-order valence-electron chi connectivity index (χ1n) is 5.25. The largest absolute Gasteiger partial charge is 0.479 e. The summed E-state index contributed by atoms with van der Waals surface area (Å²) in [7, 11) is 1.31. The van der Waals surface area contributed by atoms with E-state index < -0.39 is 31.1 Å². The summed E-state index contributed by atoms with van der Waals surface area (Å²) in [6, 6.07) is 0. The Morgan fingerprint density at radius 2 is 2.28 bits per heavy atom. The first kappa shape index (κ1) is 12.9. The second-order valence-corrected chi connectivity index (χ2v) is 3.81. The zero-order chi connectivity index (χ0) is 13.3. The number of aromatic nitrogens is 3. The highest BCUT2D eigenvalue weighted by atomic mass is 16.6. The van der Waals surface area contributed by atoms with E-state index in [0.717, 1.165) is 0 Å². The second kappa shape index (κ2) is 4.98. The van der Waals surface area contributed by atoms with Crippen LogP contribution in [0, 0.1) is 5.41 Å². The highest BCUT2D eigenvalue weighted by molar-refractivity contribution is 5.87. The Hall–Kier alpha value is -1.55. The molecule has 0 aromatic carbocycles. The lowest BCUT2D eigenvalue weighted by Crippen LogP contribution is -2.33. The highest BCUT2D eigenvalue weighted by Crippen LogP contribution is 2.28. The van der Waals surface area contributed by atoms with Crippen molar-refractivity contribution in [1.82, 2.24) is 14.8 Å². The molecule has 0 unspecified atom stereocenters. The van der Waals surface area contributed by atoms with Crippen molar-refractivity contribution in [2.75, 3.05) is 13.7 Å². The van der Waals surface area contributed by atoms with Crippen molar-refractivity contribution in [1.29, 1.82) is 5.41 Å². The predicted molar refractivity (Wildman–Crippen MR) is 56.9 cm³/mol. The molecular weight excluding hydrogens is 244 g/mol. The fourth-order valence-corrected chi connectivity index (χ4v) is 1.69. The molecule has 1 aliphatic heterocycles. The minimum Gasteiger partial charge on any atom is -0.479 e. The SMILES string of the molecule is COC(=N)c1ncn([C@H]2O[C@@H](CO)[C@H](O)[C@@H]2O)n1. The van der Waals surface area contributed by atoms with E-state index in [4.69, 9.17) is 15.3 Å². The number of rotatable bonds is 3. The van der Waals surface area contributed by atoms with E-state index in [0.29, 0.717) is 0 Å². The van der Waals surface area contributed by atoms with Crippen LogP contribution in [0.5, 0.6) is 0 Å². The monoisotopic (exact) mass is 258 g/mol. The molecule has 0 aliphatic carbocycles. The Balaban J connectivity index is 2.17. The van der Waals surface area contributed by atoms with Gasteiger partial charge in [-0.1, -0.05) is 0 Å². The Morgan fingerprint density at radius 3 is 2.83 bits per heavy atom. The van der Waals surface area contributed by atoms with Gasteiger partial charge in [-0.25, -0.2) is 9.67 Å². The van der Waals surface area contributed by atoms with Gasteiger partial charge in [0.1, 0.15) is 24.6 Å². The molecule has 9 nitrogen and oxygen atoms in total. The number of aliphatic hydroxyl groups excluding tert-OH is 3. The highest BCUT2D eigenvalue weighted by Gasteiger charge is 2.43. The lowest BCUT2D eigenvalue weighted by molar-refractivity contribution is -0.0588. The van der Waals surface area contributed by atoms with Gasteiger partial charge >= 0.3 is 0 Å². The fourth-order valence-electron chi connectivity index (χ4n) is 1.69. The van der Waals surface area contributed by atoms with Crippen molar-refractivity contribution in [3.05, 3.63) is 12.2 Å². The average molecular weight is 258 g/mol. The Kier molecular flexibility index (Phi) is 3.57.